The Morgan fingerprint density at radius 1 is 1.03 bits per heavy atom. The lowest BCUT2D eigenvalue weighted by Crippen LogP contribution is -2.12. The van der Waals surface area contributed by atoms with Crippen LogP contribution in [0.4, 0.5) is 16.5 Å². The molecule has 38 heavy (non-hydrogen) atoms. The lowest BCUT2D eigenvalue weighted by atomic mass is 10.1. The summed E-state index contributed by atoms with van der Waals surface area (Å²) in [5.41, 5.74) is 4.76. The summed E-state index contributed by atoms with van der Waals surface area (Å²) >= 11 is 2.04. The zero-order valence-corrected chi connectivity index (χ0v) is 23.8. The zero-order chi connectivity index (χ0) is 26.5. The van der Waals surface area contributed by atoms with Gasteiger partial charge in [0.05, 0.1) is 10.6 Å². The van der Waals surface area contributed by atoms with Crippen LogP contribution < -0.4 is 14.8 Å². The quantitative estimate of drug-likeness (QED) is 0.172. The molecule has 7 nitrogen and oxygen atoms in total. The Morgan fingerprint density at radius 2 is 1.82 bits per heavy atom. The predicted molar refractivity (Wildman–Crippen MR) is 160 cm³/mol. The van der Waals surface area contributed by atoms with Crippen LogP contribution in [-0.4, -0.2) is 20.1 Å². The van der Waals surface area contributed by atoms with Gasteiger partial charge in [-0.25, -0.2) is 9.19 Å². The molecule has 3 aromatic carbocycles. The van der Waals surface area contributed by atoms with Crippen LogP contribution in [-0.2, 0) is 11.1 Å². The summed E-state index contributed by atoms with van der Waals surface area (Å²) in [7, 11) is 0. The number of hydrogen-bond donors (Lipinski definition) is 2. The number of carbonyl (C=O) groups is 1. The van der Waals surface area contributed by atoms with Gasteiger partial charge in [0.15, 0.2) is 5.13 Å². The highest BCUT2D eigenvalue weighted by atomic mass is 127. The van der Waals surface area contributed by atoms with E-state index in [2.05, 4.69) is 43.2 Å². The lowest BCUT2D eigenvalue weighted by molar-refractivity contribution is 0.102. The number of hydrogen-bond acceptors (Lipinski definition) is 7. The molecule has 1 unspecified atom stereocenters. The monoisotopic (exact) mass is 652 g/mol. The molecule has 5 aromatic rings. The number of anilines is 3. The Balaban J connectivity index is 1.23. The van der Waals surface area contributed by atoms with E-state index in [1.54, 1.807) is 48.8 Å². The van der Waals surface area contributed by atoms with Gasteiger partial charge < -0.3 is 14.8 Å². The van der Waals surface area contributed by atoms with E-state index in [0.717, 1.165) is 31.2 Å². The molecule has 10 heteroatoms. The van der Waals surface area contributed by atoms with Crippen molar-refractivity contribution in [3.63, 3.8) is 0 Å². The van der Waals surface area contributed by atoms with Crippen molar-refractivity contribution in [3.05, 3.63) is 111 Å². The maximum absolute atomic E-state index is 12.9. The minimum atomic E-state index is -1.64. The molecule has 2 aromatic heterocycles. The van der Waals surface area contributed by atoms with Crippen LogP contribution in [0.1, 0.15) is 15.9 Å². The van der Waals surface area contributed by atoms with Crippen molar-refractivity contribution in [2.24, 2.45) is 0 Å². The number of aromatic nitrogens is 2. The Labute approximate surface area is 240 Å². The van der Waals surface area contributed by atoms with E-state index < -0.39 is 11.1 Å². The first-order valence-corrected chi connectivity index (χ1v) is 14.5. The van der Waals surface area contributed by atoms with Crippen molar-refractivity contribution >= 4 is 67.4 Å². The molecule has 190 valence electrons. The van der Waals surface area contributed by atoms with Gasteiger partial charge in [-0.2, -0.15) is 0 Å². The van der Waals surface area contributed by atoms with Gasteiger partial charge in [0.1, 0.15) is 5.75 Å². The van der Waals surface area contributed by atoms with Crippen molar-refractivity contribution < 1.29 is 13.2 Å². The highest BCUT2D eigenvalue weighted by Crippen LogP contribution is 2.29. The molecular weight excluding hydrogens is 631 g/mol. The first-order chi connectivity index (χ1) is 18.4. The molecule has 0 fully saturated rings. The van der Waals surface area contributed by atoms with Crippen LogP contribution in [0.2, 0.25) is 0 Å². The van der Waals surface area contributed by atoms with E-state index in [4.69, 9.17) is 4.18 Å². The van der Waals surface area contributed by atoms with Gasteiger partial charge in [0.2, 0.25) is 11.1 Å². The highest BCUT2D eigenvalue weighted by molar-refractivity contribution is 14.1. The summed E-state index contributed by atoms with van der Waals surface area (Å²) < 4.78 is 19.0. The Hall–Kier alpha value is -3.61. The number of pyridine rings is 1. The minimum Gasteiger partial charge on any atom is -0.397 e. The van der Waals surface area contributed by atoms with Crippen LogP contribution in [0.3, 0.4) is 0 Å². The van der Waals surface area contributed by atoms with E-state index in [-0.39, 0.29) is 5.91 Å². The fourth-order valence-corrected chi connectivity index (χ4v) is 5.31. The molecule has 0 bridgehead atoms. The van der Waals surface area contributed by atoms with Gasteiger partial charge in [-0.05, 0) is 108 Å². The lowest BCUT2D eigenvalue weighted by Gasteiger charge is -2.11. The number of benzene rings is 3. The molecule has 1 atom stereocenters. The predicted octanol–water partition coefficient (Wildman–Crippen LogP) is 7.22. The molecule has 0 saturated heterocycles. The number of nitrogens with one attached hydrogen (secondary N) is 2. The Bertz CT molecular complexity index is 1590. The fraction of sp³-hybridized carbons (Fsp3) is 0.0357. The average molecular weight is 653 g/mol. The SMILES string of the molecule is Cc1ccc(NC(=O)c2ccc(OS(=O)c3ccc(I)cc3)cc2)cc1Nc1nc(-c2cccnc2)cs1. The van der Waals surface area contributed by atoms with Gasteiger partial charge >= 0.3 is 0 Å². The van der Waals surface area contributed by atoms with Gasteiger partial charge in [-0.3, -0.25) is 9.78 Å². The largest absolute Gasteiger partial charge is 0.397 e. The van der Waals surface area contributed by atoms with Crippen molar-refractivity contribution in [1.29, 1.82) is 0 Å². The highest BCUT2D eigenvalue weighted by Gasteiger charge is 2.12. The maximum Gasteiger partial charge on any atom is 0.255 e. The number of nitrogens with zero attached hydrogens (tertiary/aromatic N) is 2. The van der Waals surface area contributed by atoms with E-state index in [1.165, 1.54) is 11.3 Å². The van der Waals surface area contributed by atoms with E-state index >= 15 is 0 Å². The topological polar surface area (TPSA) is 93.2 Å². The maximum atomic E-state index is 12.9. The number of aryl methyl sites for hydroxylation is 1. The Morgan fingerprint density at radius 3 is 2.55 bits per heavy atom. The van der Waals surface area contributed by atoms with Gasteiger partial charge in [-0.15, -0.1) is 11.3 Å². The van der Waals surface area contributed by atoms with Gasteiger partial charge in [0.25, 0.3) is 5.91 Å². The first-order valence-electron chi connectivity index (χ1n) is 11.5. The molecule has 2 heterocycles. The van der Waals surface area contributed by atoms with E-state index in [1.807, 2.05) is 54.8 Å². The van der Waals surface area contributed by atoms with E-state index in [0.29, 0.717) is 21.9 Å². The molecule has 0 aliphatic carbocycles. The minimum absolute atomic E-state index is 0.266. The summed E-state index contributed by atoms with van der Waals surface area (Å²) in [5.74, 6) is 0.146. The average Bonchev–Trinajstić information content (AvgIpc) is 3.40. The van der Waals surface area contributed by atoms with Crippen LogP contribution in [0.5, 0.6) is 5.75 Å². The molecule has 0 aliphatic heterocycles. The third-order valence-corrected chi connectivity index (χ3v) is 7.97. The van der Waals surface area contributed by atoms with Crippen molar-refractivity contribution in [3.8, 4) is 17.0 Å². The number of carbonyl (C=O) groups excluding carboxylic acids is 1. The van der Waals surface area contributed by atoms with Crippen LogP contribution in [0, 0.1) is 10.5 Å². The summed E-state index contributed by atoms with van der Waals surface area (Å²) in [4.78, 5) is 22.2. The number of amides is 1. The van der Waals surface area contributed by atoms with Crippen LogP contribution in [0.25, 0.3) is 11.3 Å². The van der Waals surface area contributed by atoms with Gasteiger partial charge in [0, 0.05) is 43.8 Å². The molecule has 0 spiro atoms. The molecule has 5 rings (SSSR count). The normalized spacial score (nSPS) is 11.5. The zero-order valence-electron chi connectivity index (χ0n) is 20.1. The van der Waals surface area contributed by atoms with Crippen LogP contribution in [0.15, 0.2) is 102 Å². The summed E-state index contributed by atoms with van der Waals surface area (Å²) in [6.07, 6.45) is 3.51. The summed E-state index contributed by atoms with van der Waals surface area (Å²) in [5, 5.41) is 9.00. The van der Waals surface area contributed by atoms with Crippen molar-refractivity contribution in [2.45, 2.75) is 11.8 Å². The number of halogens is 1. The van der Waals surface area contributed by atoms with E-state index in [9.17, 15) is 9.00 Å². The molecule has 0 saturated carbocycles. The smallest absolute Gasteiger partial charge is 0.255 e. The number of thiazole rings is 1. The second kappa shape index (κ2) is 11.8. The van der Waals surface area contributed by atoms with Crippen LogP contribution >= 0.6 is 33.9 Å². The first kappa shape index (κ1) is 26.0. The third-order valence-electron chi connectivity index (χ3n) is 5.49. The molecular formula is C28H21IN4O3S2. The third kappa shape index (κ3) is 6.44. The van der Waals surface area contributed by atoms with Gasteiger partial charge in [-0.1, -0.05) is 6.07 Å². The molecule has 0 radical (unpaired) electrons. The second-order valence-corrected chi connectivity index (χ2v) is 11.4. The second-order valence-electron chi connectivity index (χ2n) is 8.18. The fourth-order valence-electron chi connectivity index (χ4n) is 3.47. The number of rotatable bonds is 8. The molecule has 1 amide bonds. The standard InChI is InChI=1S/C28H21IN4O3S2/c1-18-4-9-22(15-25(18)32-28-33-26(17-37-28)20-3-2-14-30-16-20)31-27(34)19-5-10-23(11-6-19)36-38(35)24-12-7-21(29)8-13-24/h2-17H,1H3,(H,31,34)(H,32,33). The Kier molecular flexibility index (Phi) is 8.11. The molecule has 2 N–H and O–H groups in total. The van der Waals surface area contributed by atoms with Crippen molar-refractivity contribution in [2.75, 3.05) is 10.6 Å². The summed E-state index contributed by atoms with van der Waals surface area (Å²) in [6.45, 7) is 1.99. The van der Waals surface area contributed by atoms with Crippen molar-refractivity contribution in [1.82, 2.24) is 9.97 Å². The summed E-state index contributed by atoms with van der Waals surface area (Å²) in [6, 6.07) is 23.3. The molecule has 0 aliphatic rings.